The SMILES string of the molecule is c1ccc(-c2ccc(-c3nc(-c4ccccc4)nc(-c4cc(-c5ccc6ccccc6c5)cc(-c5ccc6ccc7cccnc7c6n5)c4)n3)cc2)cc1. The molecular weight excluding hydrogens is 659 g/mol. The van der Waals surface area contributed by atoms with Crippen molar-refractivity contribution in [3.63, 3.8) is 0 Å². The van der Waals surface area contributed by atoms with Crippen LogP contribution in [0.2, 0.25) is 0 Å². The molecule has 0 unspecified atom stereocenters. The van der Waals surface area contributed by atoms with E-state index in [1.807, 2.05) is 48.7 Å². The summed E-state index contributed by atoms with van der Waals surface area (Å²) in [7, 11) is 0. The van der Waals surface area contributed by atoms with Crippen LogP contribution in [0.15, 0.2) is 188 Å². The van der Waals surface area contributed by atoms with Crippen LogP contribution >= 0.6 is 0 Å². The molecule has 0 radical (unpaired) electrons. The first kappa shape index (κ1) is 31.4. The van der Waals surface area contributed by atoms with Crippen molar-refractivity contribution in [2.75, 3.05) is 0 Å². The summed E-state index contributed by atoms with van der Waals surface area (Å²) in [4.78, 5) is 25.3. The van der Waals surface area contributed by atoms with Crippen LogP contribution in [0, 0.1) is 0 Å². The minimum absolute atomic E-state index is 0.586. The van der Waals surface area contributed by atoms with Gasteiger partial charge < -0.3 is 0 Å². The predicted octanol–water partition coefficient (Wildman–Crippen LogP) is 12.1. The molecule has 0 spiro atoms. The lowest BCUT2D eigenvalue weighted by Gasteiger charge is -2.13. The Kier molecular flexibility index (Phi) is 7.73. The highest BCUT2D eigenvalue weighted by atomic mass is 15.0. The molecule has 0 aliphatic rings. The second-order valence-corrected chi connectivity index (χ2v) is 13.4. The van der Waals surface area contributed by atoms with E-state index in [9.17, 15) is 0 Å². The molecule has 3 aromatic heterocycles. The van der Waals surface area contributed by atoms with Crippen LogP contribution in [-0.2, 0) is 0 Å². The van der Waals surface area contributed by atoms with Crippen LogP contribution in [0.1, 0.15) is 0 Å². The molecule has 0 amide bonds. The molecule has 10 rings (SSSR count). The quantitative estimate of drug-likeness (QED) is 0.163. The first-order valence-corrected chi connectivity index (χ1v) is 18.0. The number of benzene rings is 7. The van der Waals surface area contributed by atoms with Crippen molar-refractivity contribution in [3.8, 4) is 67.7 Å². The lowest BCUT2D eigenvalue weighted by atomic mass is 9.95. The van der Waals surface area contributed by atoms with Crippen molar-refractivity contribution in [1.29, 1.82) is 0 Å². The van der Waals surface area contributed by atoms with Gasteiger partial charge in [0.25, 0.3) is 0 Å². The Hall–Kier alpha value is -7.37. The molecule has 5 heteroatoms. The first-order valence-electron chi connectivity index (χ1n) is 18.0. The van der Waals surface area contributed by atoms with E-state index in [0.29, 0.717) is 17.5 Å². The van der Waals surface area contributed by atoms with Crippen LogP contribution in [0.4, 0.5) is 0 Å². The van der Waals surface area contributed by atoms with E-state index in [0.717, 1.165) is 72.0 Å². The van der Waals surface area contributed by atoms with Crippen LogP contribution in [-0.4, -0.2) is 24.9 Å². The summed E-state index contributed by atoms with van der Waals surface area (Å²) in [5.74, 6) is 1.81. The summed E-state index contributed by atoms with van der Waals surface area (Å²) in [5.41, 5.74) is 10.7. The summed E-state index contributed by atoms with van der Waals surface area (Å²) >= 11 is 0. The van der Waals surface area contributed by atoms with Crippen LogP contribution in [0.25, 0.3) is 100 Å². The number of pyridine rings is 2. The third kappa shape index (κ3) is 5.94. The lowest BCUT2D eigenvalue weighted by molar-refractivity contribution is 1.07. The largest absolute Gasteiger partial charge is 0.254 e. The van der Waals surface area contributed by atoms with Gasteiger partial charge in [-0.25, -0.2) is 19.9 Å². The summed E-state index contributed by atoms with van der Waals surface area (Å²) in [6.07, 6.45) is 1.83. The van der Waals surface area contributed by atoms with E-state index in [1.165, 1.54) is 10.8 Å². The minimum atomic E-state index is 0.586. The van der Waals surface area contributed by atoms with Gasteiger partial charge >= 0.3 is 0 Å². The molecule has 10 aromatic rings. The molecule has 0 saturated heterocycles. The highest BCUT2D eigenvalue weighted by Crippen LogP contribution is 2.35. The third-order valence-electron chi connectivity index (χ3n) is 9.92. The number of hydrogen-bond donors (Lipinski definition) is 0. The van der Waals surface area contributed by atoms with E-state index in [1.54, 1.807) is 0 Å². The average molecular weight is 690 g/mol. The smallest absolute Gasteiger partial charge is 0.164 e. The van der Waals surface area contributed by atoms with Gasteiger partial charge in [0.1, 0.15) is 0 Å². The van der Waals surface area contributed by atoms with Crippen molar-refractivity contribution in [2.45, 2.75) is 0 Å². The Balaban J connectivity index is 1.17. The number of rotatable bonds is 6. The van der Waals surface area contributed by atoms with Crippen LogP contribution in [0.3, 0.4) is 0 Å². The monoisotopic (exact) mass is 689 g/mol. The predicted molar refractivity (Wildman–Crippen MR) is 221 cm³/mol. The summed E-state index contributed by atoms with van der Waals surface area (Å²) in [6.45, 7) is 0. The van der Waals surface area contributed by atoms with Gasteiger partial charge in [-0.1, -0.05) is 146 Å². The van der Waals surface area contributed by atoms with E-state index < -0.39 is 0 Å². The van der Waals surface area contributed by atoms with Gasteiger partial charge in [0.15, 0.2) is 17.5 Å². The highest BCUT2D eigenvalue weighted by molar-refractivity contribution is 6.03. The lowest BCUT2D eigenvalue weighted by Crippen LogP contribution is -2.01. The summed E-state index contributed by atoms with van der Waals surface area (Å²) < 4.78 is 0. The Morgan fingerprint density at radius 1 is 0.259 bits per heavy atom. The summed E-state index contributed by atoms with van der Waals surface area (Å²) in [5, 5.41) is 4.48. The fourth-order valence-electron chi connectivity index (χ4n) is 7.12. The second kappa shape index (κ2) is 13.3. The fourth-order valence-corrected chi connectivity index (χ4v) is 7.12. The Bertz CT molecular complexity index is 2980. The standard InChI is InChI=1S/C49H31N5/c1-3-10-32(11-4-1)34-17-22-38(23-18-34)48-52-47(37-13-5-2-6-14-37)53-49(54-48)43-30-41(40-24-19-33-12-7-8-15-39(33)28-40)29-42(31-43)44-26-25-36-21-20-35-16-9-27-50-45(35)46(36)51-44/h1-31H. The van der Waals surface area contributed by atoms with E-state index in [-0.39, 0.29) is 0 Å². The van der Waals surface area contributed by atoms with Crippen molar-refractivity contribution in [3.05, 3.63) is 188 Å². The maximum atomic E-state index is 5.24. The minimum Gasteiger partial charge on any atom is -0.254 e. The van der Waals surface area contributed by atoms with E-state index in [4.69, 9.17) is 24.9 Å². The molecule has 0 aliphatic carbocycles. The van der Waals surface area contributed by atoms with Gasteiger partial charge in [0, 0.05) is 39.2 Å². The normalized spacial score (nSPS) is 11.3. The zero-order chi connectivity index (χ0) is 35.8. The number of nitrogens with zero attached hydrogens (tertiary/aromatic N) is 5. The summed E-state index contributed by atoms with van der Waals surface area (Å²) in [6, 6.07) is 62.9. The van der Waals surface area contributed by atoms with Gasteiger partial charge in [-0.15, -0.1) is 0 Å². The number of hydrogen-bond acceptors (Lipinski definition) is 5. The van der Waals surface area contributed by atoms with Crippen LogP contribution < -0.4 is 0 Å². The fraction of sp³-hybridized carbons (Fsp3) is 0. The van der Waals surface area contributed by atoms with Crippen molar-refractivity contribution in [1.82, 2.24) is 24.9 Å². The second-order valence-electron chi connectivity index (χ2n) is 13.4. The molecule has 0 bridgehead atoms. The van der Waals surface area contributed by atoms with Gasteiger partial charge in [-0.05, 0) is 69.4 Å². The zero-order valence-electron chi connectivity index (χ0n) is 29.1. The molecule has 0 N–H and O–H groups in total. The zero-order valence-corrected chi connectivity index (χ0v) is 29.1. The highest BCUT2D eigenvalue weighted by Gasteiger charge is 2.16. The average Bonchev–Trinajstić information content (AvgIpc) is 3.26. The third-order valence-corrected chi connectivity index (χ3v) is 9.92. The topological polar surface area (TPSA) is 64.5 Å². The van der Waals surface area contributed by atoms with E-state index in [2.05, 4.69) is 140 Å². The van der Waals surface area contributed by atoms with Gasteiger partial charge in [-0.2, -0.15) is 0 Å². The maximum Gasteiger partial charge on any atom is 0.164 e. The molecule has 0 fully saturated rings. The van der Waals surface area contributed by atoms with Crippen molar-refractivity contribution in [2.24, 2.45) is 0 Å². The van der Waals surface area contributed by atoms with E-state index >= 15 is 0 Å². The molecule has 252 valence electrons. The number of fused-ring (bicyclic) bond motifs is 4. The molecule has 0 aliphatic heterocycles. The Labute approximate surface area is 312 Å². The molecule has 54 heavy (non-hydrogen) atoms. The molecule has 3 heterocycles. The van der Waals surface area contributed by atoms with Crippen molar-refractivity contribution < 1.29 is 0 Å². The molecule has 0 atom stereocenters. The van der Waals surface area contributed by atoms with Crippen LogP contribution in [0.5, 0.6) is 0 Å². The Morgan fingerprint density at radius 2 is 0.759 bits per heavy atom. The van der Waals surface area contributed by atoms with Gasteiger partial charge in [-0.3, -0.25) is 4.98 Å². The Morgan fingerprint density at radius 3 is 1.52 bits per heavy atom. The molecular formula is C49H31N5. The first-order chi connectivity index (χ1) is 26.7. The molecule has 5 nitrogen and oxygen atoms in total. The van der Waals surface area contributed by atoms with Gasteiger partial charge in [0.05, 0.1) is 16.7 Å². The maximum absolute atomic E-state index is 5.24. The molecule has 7 aromatic carbocycles. The van der Waals surface area contributed by atoms with Crippen molar-refractivity contribution >= 4 is 32.6 Å². The van der Waals surface area contributed by atoms with Gasteiger partial charge in [0.2, 0.25) is 0 Å². The number of aromatic nitrogens is 5. The molecule has 0 saturated carbocycles.